The van der Waals surface area contributed by atoms with Crippen molar-refractivity contribution in [3.05, 3.63) is 0 Å². The van der Waals surface area contributed by atoms with Crippen molar-refractivity contribution >= 4 is 5.91 Å². The quantitative estimate of drug-likeness (QED) is 0.799. The largest absolute Gasteiger partial charge is 0.337 e. The summed E-state index contributed by atoms with van der Waals surface area (Å²) < 4.78 is 0. The van der Waals surface area contributed by atoms with Crippen molar-refractivity contribution < 1.29 is 4.79 Å². The Balaban J connectivity index is 1.88. The second kappa shape index (κ2) is 5.85. The summed E-state index contributed by atoms with van der Waals surface area (Å²) in [5.41, 5.74) is 0. The molecule has 98 valence electrons. The summed E-state index contributed by atoms with van der Waals surface area (Å²) in [6.07, 6.45) is 6.83. The first-order valence-electron chi connectivity index (χ1n) is 7.20. The molecule has 2 saturated heterocycles. The van der Waals surface area contributed by atoms with Crippen LogP contribution in [0.2, 0.25) is 0 Å². The lowest BCUT2D eigenvalue weighted by Gasteiger charge is -2.40. The number of hydrogen-bond donors (Lipinski definition) is 1. The zero-order valence-corrected chi connectivity index (χ0v) is 11.2. The van der Waals surface area contributed by atoms with E-state index >= 15 is 0 Å². The zero-order valence-electron chi connectivity index (χ0n) is 11.2. The summed E-state index contributed by atoms with van der Waals surface area (Å²) in [5, 5.41) is 3.39. The van der Waals surface area contributed by atoms with Crippen LogP contribution in [0.1, 0.15) is 52.4 Å². The SMILES string of the molecule is C[C@@H]1CCC[C@H](C)N1C(=O)CC1CCCNC1. The van der Waals surface area contributed by atoms with Crippen LogP contribution in [0.4, 0.5) is 0 Å². The Kier molecular flexibility index (Phi) is 4.43. The van der Waals surface area contributed by atoms with Crippen LogP contribution >= 0.6 is 0 Å². The van der Waals surface area contributed by atoms with Gasteiger partial charge >= 0.3 is 0 Å². The number of hydrogen-bond acceptors (Lipinski definition) is 2. The predicted molar refractivity (Wildman–Crippen MR) is 69.8 cm³/mol. The second-order valence-corrected chi connectivity index (χ2v) is 5.85. The Bertz CT molecular complexity index is 251. The maximum atomic E-state index is 12.4. The van der Waals surface area contributed by atoms with Crippen molar-refractivity contribution in [2.45, 2.75) is 64.5 Å². The number of piperidine rings is 2. The van der Waals surface area contributed by atoms with Crippen LogP contribution in [-0.2, 0) is 4.79 Å². The summed E-state index contributed by atoms with van der Waals surface area (Å²) >= 11 is 0. The minimum Gasteiger partial charge on any atom is -0.337 e. The fraction of sp³-hybridized carbons (Fsp3) is 0.929. The minimum atomic E-state index is 0.387. The molecular formula is C14H26N2O. The van der Waals surface area contributed by atoms with E-state index in [0.29, 0.717) is 23.9 Å². The summed E-state index contributed by atoms with van der Waals surface area (Å²) in [7, 11) is 0. The van der Waals surface area contributed by atoms with Gasteiger partial charge in [0, 0.05) is 18.5 Å². The highest BCUT2D eigenvalue weighted by Crippen LogP contribution is 2.25. The first kappa shape index (κ1) is 12.9. The van der Waals surface area contributed by atoms with Crippen molar-refractivity contribution in [1.29, 1.82) is 0 Å². The highest BCUT2D eigenvalue weighted by molar-refractivity contribution is 5.77. The smallest absolute Gasteiger partial charge is 0.223 e. The molecule has 0 radical (unpaired) electrons. The Hall–Kier alpha value is -0.570. The van der Waals surface area contributed by atoms with E-state index in [9.17, 15) is 4.79 Å². The maximum Gasteiger partial charge on any atom is 0.223 e. The molecule has 1 amide bonds. The predicted octanol–water partition coefficient (Wildman–Crippen LogP) is 2.17. The first-order chi connectivity index (χ1) is 8.18. The Morgan fingerprint density at radius 2 is 1.88 bits per heavy atom. The van der Waals surface area contributed by atoms with Crippen LogP contribution in [0.3, 0.4) is 0 Å². The number of nitrogens with one attached hydrogen (secondary N) is 1. The van der Waals surface area contributed by atoms with Gasteiger partial charge in [0.1, 0.15) is 0 Å². The molecule has 3 heteroatoms. The normalized spacial score (nSPS) is 34.7. The average Bonchev–Trinajstić information content (AvgIpc) is 2.30. The van der Waals surface area contributed by atoms with Crippen molar-refractivity contribution in [1.82, 2.24) is 10.2 Å². The third kappa shape index (κ3) is 3.21. The first-order valence-corrected chi connectivity index (χ1v) is 7.20. The van der Waals surface area contributed by atoms with Crippen LogP contribution in [-0.4, -0.2) is 36.0 Å². The van der Waals surface area contributed by atoms with Crippen LogP contribution in [0.15, 0.2) is 0 Å². The van der Waals surface area contributed by atoms with Crippen LogP contribution in [0, 0.1) is 5.92 Å². The van der Waals surface area contributed by atoms with E-state index in [4.69, 9.17) is 0 Å². The Labute approximate surface area is 105 Å². The van der Waals surface area contributed by atoms with Gasteiger partial charge in [0.05, 0.1) is 0 Å². The summed E-state index contributed by atoms with van der Waals surface area (Å²) in [6.45, 7) is 6.56. The molecule has 0 aliphatic carbocycles. The molecular weight excluding hydrogens is 212 g/mol. The van der Waals surface area contributed by atoms with E-state index in [0.717, 1.165) is 19.5 Å². The molecule has 0 saturated carbocycles. The van der Waals surface area contributed by atoms with Crippen molar-refractivity contribution in [3.63, 3.8) is 0 Å². The molecule has 0 spiro atoms. The van der Waals surface area contributed by atoms with Crippen molar-refractivity contribution in [3.8, 4) is 0 Å². The molecule has 2 rings (SSSR count). The van der Waals surface area contributed by atoms with Crippen molar-refractivity contribution in [2.24, 2.45) is 5.92 Å². The van der Waals surface area contributed by atoms with Gasteiger partial charge in [-0.3, -0.25) is 4.79 Å². The van der Waals surface area contributed by atoms with Crippen LogP contribution in [0.25, 0.3) is 0 Å². The van der Waals surface area contributed by atoms with E-state index in [1.165, 1.54) is 32.1 Å². The van der Waals surface area contributed by atoms with E-state index in [1.807, 2.05) is 0 Å². The second-order valence-electron chi connectivity index (χ2n) is 5.85. The monoisotopic (exact) mass is 238 g/mol. The Morgan fingerprint density at radius 1 is 1.18 bits per heavy atom. The molecule has 2 aliphatic rings. The molecule has 0 aromatic rings. The molecule has 2 fully saturated rings. The number of carbonyl (C=O) groups is 1. The van der Waals surface area contributed by atoms with Gasteiger partial charge in [0.25, 0.3) is 0 Å². The average molecular weight is 238 g/mol. The third-order valence-electron chi connectivity index (χ3n) is 4.34. The number of amides is 1. The van der Waals surface area contributed by atoms with E-state index in [-0.39, 0.29) is 0 Å². The van der Waals surface area contributed by atoms with Crippen LogP contribution < -0.4 is 5.32 Å². The fourth-order valence-electron chi connectivity index (χ4n) is 3.36. The topological polar surface area (TPSA) is 32.3 Å². The number of rotatable bonds is 2. The minimum absolute atomic E-state index is 0.387. The molecule has 0 bridgehead atoms. The molecule has 2 aliphatic heterocycles. The number of likely N-dealkylation sites (tertiary alicyclic amines) is 1. The molecule has 1 N–H and O–H groups in total. The highest BCUT2D eigenvalue weighted by Gasteiger charge is 2.30. The molecule has 17 heavy (non-hydrogen) atoms. The lowest BCUT2D eigenvalue weighted by atomic mass is 9.92. The molecule has 1 unspecified atom stereocenters. The lowest BCUT2D eigenvalue weighted by molar-refractivity contribution is -0.138. The van der Waals surface area contributed by atoms with E-state index in [1.54, 1.807) is 0 Å². The van der Waals surface area contributed by atoms with Gasteiger partial charge in [-0.25, -0.2) is 0 Å². The molecule has 0 aromatic heterocycles. The van der Waals surface area contributed by atoms with Crippen molar-refractivity contribution in [2.75, 3.05) is 13.1 Å². The van der Waals surface area contributed by atoms with Gasteiger partial charge in [-0.2, -0.15) is 0 Å². The van der Waals surface area contributed by atoms with Gasteiger partial charge < -0.3 is 10.2 Å². The van der Waals surface area contributed by atoms with Crippen LogP contribution in [0.5, 0.6) is 0 Å². The maximum absolute atomic E-state index is 12.4. The summed E-state index contributed by atoms with van der Waals surface area (Å²) in [5.74, 6) is 0.955. The zero-order chi connectivity index (χ0) is 12.3. The summed E-state index contributed by atoms with van der Waals surface area (Å²) in [4.78, 5) is 14.5. The number of carbonyl (C=O) groups excluding carboxylic acids is 1. The van der Waals surface area contributed by atoms with Gasteiger partial charge in [-0.05, 0) is 65.0 Å². The van der Waals surface area contributed by atoms with E-state index in [2.05, 4.69) is 24.1 Å². The fourth-order valence-corrected chi connectivity index (χ4v) is 3.36. The van der Waals surface area contributed by atoms with Gasteiger partial charge in [0.2, 0.25) is 5.91 Å². The van der Waals surface area contributed by atoms with Gasteiger partial charge in [-0.1, -0.05) is 0 Å². The standard InChI is InChI=1S/C14H26N2O/c1-11-5-3-6-12(2)16(11)14(17)9-13-7-4-8-15-10-13/h11-13,15H,3-10H2,1-2H3/t11-,12+,13?. The van der Waals surface area contributed by atoms with E-state index < -0.39 is 0 Å². The molecule has 0 aromatic carbocycles. The molecule has 2 heterocycles. The van der Waals surface area contributed by atoms with Gasteiger partial charge in [-0.15, -0.1) is 0 Å². The highest BCUT2D eigenvalue weighted by atomic mass is 16.2. The molecule has 3 nitrogen and oxygen atoms in total. The molecule has 3 atom stereocenters. The van der Waals surface area contributed by atoms with Gasteiger partial charge in [0.15, 0.2) is 0 Å². The number of nitrogens with zero attached hydrogens (tertiary/aromatic N) is 1. The third-order valence-corrected chi connectivity index (χ3v) is 4.34. The lowest BCUT2D eigenvalue weighted by Crippen LogP contribution is -2.48. The summed E-state index contributed by atoms with van der Waals surface area (Å²) in [6, 6.07) is 0.894. The Morgan fingerprint density at radius 3 is 2.47 bits per heavy atom.